The summed E-state index contributed by atoms with van der Waals surface area (Å²) in [5.41, 5.74) is 0. The molecule has 0 radical (unpaired) electrons. The van der Waals surface area contributed by atoms with Crippen LogP contribution in [-0.4, -0.2) is 18.0 Å². The summed E-state index contributed by atoms with van der Waals surface area (Å²) in [6.45, 7) is 3.85. The molecule has 1 aromatic carbocycles. The highest BCUT2D eigenvalue weighted by molar-refractivity contribution is 5.79. The molecule has 0 aliphatic carbocycles. The summed E-state index contributed by atoms with van der Waals surface area (Å²) >= 11 is 0. The second-order valence-electron chi connectivity index (χ2n) is 4.33. The van der Waals surface area contributed by atoms with E-state index in [1.54, 1.807) is 6.07 Å². The van der Waals surface area contributed by atoms with Crippen LogP contribution in [0.5, 0.6) is 5.75 Å². The first kappa shape index (κ1) is 16.1. The number of esters is 2. The Bertz CT molecular complexity index is 455. The van der Waals surface area contributed by atoms with E-state index in [4.69, 9.17) is 9.47 Å². The third kappa shape index (κ3) is 5.38. The van der Waals surface area contributed by atoms with E-state index < -0.39 is 17.8 Å². The van der Waals surface area contributed by atoms with Gasteiger partial charge in [0.2, 0.25) is 0 Å². The molecule has 0 N–H and O–H groups in total. The predicted molar refractivity (Wildman–Crippen MR) is 71.7 cm³/mol. The lowest BCUT2D eigenvalue weighted by Gasteiger charge is -2.13. The van der Waals surface area contributed by atoms with E-state index >= 15 is 0 Å². The van der Waals surface area contributed by atoms with Crippen LogP contribution >= 0.6 is 0 Å². The first-order valence-electron chi connectivity index (χ1n) is 6.71. The largest absolute Gasteiger partial charge is 0.462 e. The molecular weight excluding hydrogens is 263 g/mol. The van der Waals surface area contributed by atoms with E-state index in [0.29, 0.717) is 0 Å². The molecule has 0 aliphatic heterocycles. The number of hydrogen-bond acceptors (Lipinski definition) is 4. The van der Waals surface area contributed by atoms with Crippen molar-refractivity contribution < 1.29 is 23.5 Å². The standard InChI is InChI=1S/C15H19FO4/c1-3-11(4-2)19-14(17)9-10-15(18)20-13-8-6-5-7-12(13)16/h5-8,11H,3-4,9-10H2,1-2H3. The summed E-state index contributed by atoms with van der Waals surface area (Å²) in [6, 6.07) is 5.62. The number of halogens is 1. The van der Waals surface area contributed by atoms with Crippen LogP contribution in [0, 0.1) is 5.82 Å². The van der Waals surface area contributed by atoms with Crippen LogP contribution in [0.15, 0.2) is 24.3 Å². The minimum Gasteiger partial charge on any atom is -0.462 e. The van der Waals surface area contributed by atoms with Gasteiger partial charge in [-0.25, -0.2) is 4.39 Å². The molecule has 20 heavy (non-hydrogen) atoms. The predicted octanol–water partition coefficient (Wildman–Crippen LogP) is 3.24. The Kier molecular flexibility index (Phi) is 6.70. The van der Waals surface area contributed by atoms with Gasteiger partial charge < -0.3 is 9.47 Å². The quantitative estimate of drug-likeness (QED) is 0.569. The minimum atomic E-state index is -0.656. The Morgan fingerprint density at radius 1 is 1.10 bits per heavy atom. The summed E-state index contributed by atoms with van der Waals surface area (Å²) in [4.78, 5) is 23.0. The maximum Gasteiger partial charge on any atom is 0.311 e. The minimum absolute atomic E-state index is 0.0657. The number of carbonyl (C=O) groups is 2. The topological polar surface area (TPSA) is 52.6 Å². The molecule has 0 atom stereocenters. The van der Waals surface area contributed by atoms with E-state index in [1.165, 1.54) is 18.2 Å². The molecule has 0 bridgehead atoms. The Morgan fingerprint density at radius 2 is 1.70 bits per heavy atom. The fourth-order valence-electron chi connectivity index (χ4n) is 1.61. The van der Waals surface area contributed by atoms with Gasteiger partial charge in [-0.1, -0.05) is 26.0 Å². The summed E-state index contributed by atoms with van der Waals surface area (Å²) in [5.74, 6) is -1.84. The van der Waals surface area contributed by atoms with Gasteiger partial charge in [0.15, 0.2) is 11.6 Å². The van der Waals surface area contributed by atoms with Crippen molar-refractivity contribution in [3.8, 4) is 5.75 Å². The van der Waals surface area contributed by atoms with E-state index in [1.807, 2.05) is 13.8 Å². The normalized spacial score (nSPS) is 10.4. The molecule has 0 saturated carbocycles. The molecule has 1 aromatic rings. The van der Waals surface area contributed by atoms with E-state index in [0.717, 1.165) is 12.8 Å². The van der Waals surface area contributed by atoms with Crippen molar-refractivity contribution >= 4 is 11.9 Å². The van der Waals surface area contributed by atoms with E-state index in [2.05, 4.69) is 0 Å². The molecule has 4 nitrogen and oxygen atoms in total. The second-order valence-corrected chi connectivity index (χ2v) is 4.33. The molecule has 0 spiro atoms. The SMILES string of the molecule is CCC(CC)OC(=O)CCC(=O)Oc1ccccc1F. The summed E-state index contributed by atoms with van der Waals surface area (Å²) in [6.07, 6.45) is 1.16. The maximum absolute atomic E-state index is 13.2. The lowest BCUT2D eigenvalue weighted by Crippen LogP contribution is -2.18. The number of ether oxygens (including phenoxy) is 2. The molecule has 0 aromatic heterocycles. The van der Waals surface area contributed by atoms with Gasteiger partial charge in [0.25, 0.3) is 0 Å². The first-order chi connectivity index (χ1) is 9.56. The van der Waals surface area contributed by atoms with Crippen LogP contribution in [0.3, 0.4) is 0 Å². The van der Waals surface area contributed by atoms with Gasteiger partial charge in [0.1, 0.15) is 6.10 Å². The van der Waals surface area contributed by atoms with Gasteiger partial charge in [-0.15, -0.1) is 0 Å². The fraction of sp³-hybridized carbons (Fsp3) is 0.467. The van der Waals surface area contributed by atoms with Crippen molar-refractivity contribution in [1.29, 1.82) is 0 Å². The highest BCUT2D eigenvalue weighted by Crippen LogP contribution is 2.16. The maximum atomic E-state index is 13.2. The fourth-order valence-corrected chi connectivity index (χ4v) is 1.61. The number of hydrogen-bond donors (Lipinski definition) is 0. The average molecular weight is 282 g/mol. The highest BCUT2D eigenvalue weighted by Gasteiger charge is 2.14. The van der Waals surface area contributed by atoms with Gasteiger partial charge in [-0.05, 0) is 25.0 Å². The van der Waals surface area contributed by atoms with Gasteiger partial charge >= 0.3 is 11.9 Å². The Morgan fingerprint density at radius 3 is 2.30 bits per heavy atom. The number of para-hydroxylation sites is 1. The summed E-state index contributed by atoms with van der Waals surface area (Å²) in [7, 11) is 0. The second kappa shape index (κ2) is 8.30. The third-order valence-corrected chi connectivity index (χ3v) is 2.80. The summed E-state index contributed by atoms with van der Waals surface area (Å²) in [5, 5.41) is 0. The lowest BCUT2D eigenvalue weighted by atomic mass is 10.2. The smallest absolute Gasteiger partial charge is 0.311 e. The monoisotopic (exact) mass is 282 g/mol. The third-order valence-electron chi connectivity index (χ3n) is 2.80. The molecular formula is C15H19FO4. The van der Waals surface area contributed by atoms with Crippen LogP contribution in [0.1, 0.15) is 39.5 Å². The summed E-state index contributed by atoms with van der Waals surface area (Å²) < 4.78 is 23.2. The van der Waals surface area contributed by atoms with Gasteiger partial charge in [-0.2, -0.15) is 0 Å². The molecule has 0 amide bonds. The molecule has 5 heteroatoms. The van der Waals surface area contributed by atoms with Gasteiger partial charge in [0.05, 0.1) is 12.8 Å². The molecule has 0 heterocycles. The zero-order valence-corrected chi connectivity index (χ0v) is 11.7. The first-order valence-corrected chi connectivity index (χ1v) is 6.71. The van der Waals surface area contributed by atoms with Crippen LogP contribution < -0.4 is 4.74 Å². The highest BCUT2D eigenvalue weighted by atomic mass is 19.1. The van der Waals surface area contributed by atoms with Crippen molar-refractivity contribution in [2.75, 3.05) is 0 Å². The lowest BCUT2D eigenvalue weighted by molar-refractivity contribution is -0.151. The molecule has 0 aliphatic rings. The number of benzene rings is 1. The van der Waals surface area contributed by atoms with Crippen molar-refractivity contribution in [3.05, 3.63) is 30.1 Å². The van der Waals surface area contributed by atoms with Crippen molar-refractivity contribution in [1.82, 2.24) is 0 Å². The van der Waals surface area contributed by atoms with Gasteiger partial charge in [0, 0.05) is 0 Å². The molecule has 110 valence electrons. The van der Waals surface area contributed by atoms with Crippen LogP contribution in [-0.2, 0) is 14.3 Å². The number of rotatable bonds is 7. The zero-order valence-electron chi connectivity index (χ0n) is 11.7. The molecule has 0 unspecified atom stereocenters. The van der Waals surface area contributed by atoms with Crippen LogP contribution in [0.4, 0.5) is 4.39 Å². The van der Waals surface area contributed by atoms with E-state index in [9.17, 15) is 14.0 Å². The van der Waals surface area contributed by atoms with Crippen molar-refractivity contribution in [2.45, 2.75) is 45.6 Å². The Balaban J connectivity index is 2.37. The van der Waals surface area contributed by atoms with Crippen molar-refractivity contribution in [3.63, 3.8) is 0 Å². The van der Waals surface area contributed by atoms with Crippen LogP contribution in [0.25, 0.3) is 0 Å². The van der Waals surface area contributed by atoms with Gasteiger partial charge in [-0.3, -0.25) is 9.59 Å². The van der Waals surface area contributed by atoms with Crippen LogP contribution in [0.2, 0.25) is 0 Å². The Labute approximate surface area is 117 Å². The molecule has 0 fully saturated rings. The molecule has 1 rings (SSSR count). The average Bonchev–Trinajstić information content (AvgIpc) is 2.45. The molecule has 0 saturated heterocycles. The number of carbonyl (C=O) groups excluding carboxylic acids is 2. The Hall–Kier alpha value is -1.91. The van der Waals surface area contributed by atoms with Crippen molar-refractivity contribution in [2.24, 2.45) is 0 Å². The van der Waals surface area contributed by atoms with E-state index in [-0.39, 0.29) is 24.7 Å². The zero-order chi connectivity index (χ0) is 15.0.